The Morgan fingerprint density at radius 2 is 1.49 bits per heavy atom. The molecule has 0 fully saturated rings. The molecule has 1 heterocycles. The Labute approximate surface area is 201 Å². The molecule has 4 rings (SSSR count). The highest BCUT2D eigenvalue weighted by molar-refractivity contribution is 5.76. The fraction of sp³-hybridized carbons (Fsp3) is 0.222. The second-order valence-corrected chi connectivity index (χ2v) is 9.32. The smallest absolute Gasteiger partial charge is 0.289 e. The molecular weight excluding hydrogens is 447 g/mol. The number of halogens is 1. The van der Waals surface area contributed by atoms with Crippen LogP contribution in [0.15, 0.2) is 93.6 Å². The molecule has 0 aliphatic carbocycles. The maximum Gasteiger partial charge on any atom is 0.289 e. The van der Waals surface area contributed by atoms with Gasteiger partial charge in [-0.15, -0.1) is 0 Å². The molecule has 2 N–H and O–H groups in total. The van der Waals surface area contributed by atoms with Gasteiger partial charge in [-0.1, -0.05) is 63.2 Å². The number of aromatic nitrogens is 2. The van der Waals surface area contributed by atoms with Gasteiger partial charge in [-0.05, 0) is 41.8 Å². The van der Waals surface area contributed by atoms with Gasteiger partial charge in [0.2, 0.25) is 5.36 Å². The van der Waals surface area contributed by atoms with Crippen molar-refractivity contribution in [3.8, 4) is 5.69 Å². The van der Waals surface area contributed by atoms with E-state index in [0.29, 0.717) is 16.7 Å². The van der Waals surface area contributed by atoms with Gasteiger partial charge in [-0.3, -0.25) is 19.6 Å². The predicted octanol–water partition coefficient (Wildman–Crippen LogP) is 3.63. The summed E-state index contributed by atoms with van der Waals surface area (Å²) in [5.41, 5.74) is 1.97. The lowest BCUT2D eigenvalue weighted by atomic mass is 9.89. The number of para-hydroxylation sites is 4. The summed E-state index contributed by atoms with van der Waals surface area (Å²) in [5.74, 6) is -0.623. The summed E-state index contributed by atoms with van der Waals surface area (Å²) in [6.45, 7) is 5.49. The van der Waals surface area contributed by atoms with Crippen molar-refractivity contribution in [1.82, 2.24) is 9.13 Å². The molecule has 4 aromatic rings. The molecule has 0 amide bonds. The highest BCUT2D eigenvalue weighted by Crippen LogP contribution is 2.22. The van der Waals surface area contributed by atoms with Crippen molar-refractivity contribution in [1.29, 1.82) is 0 Å². The number of fused-ring (bicyclic) bond motifs is 1. The normalized spacial score (nSPS) is 13.1. The van der Waals surface area contributed by atoms with Crippen LogP contribution in [0.2, 0.25) is 0 Å². The van der Waals surface area contributed by atoms with Crippen molar-refractivity contribution in [2.45, 2.75) is 33.4 Å². The number of hydrogen-bond donors (Lipinski definition) is 2. The third kappa shape index (κ3) is 4.93. The summed E-state index contributed by atoms with van der Waals surface area (Å²) < 4.78 is 17.4. The van der Waals surface area contributed by atoms with Crippen molar-refractivity contribution >= 4 is 16.7 Å². The van der Waals surface area contributed by atoms with Crippen LogP contribution >= 0.6 is 0 Å². The summed E-state index contributed by atoms with van der Waals surface area (Å²) in [7, 11) is 0. The molecule has 1 atom stereocenters. The van der Waals surface area contributed by atoms with Crippen LogP contribution in [-0.2, 0) is 6.54 Å². The van der Waals surface area contributed by atoms with E-state index in [-0.39, 0.29) is 12.2 Å². The van der Waals surface area contributed by atoms with Gasteiger partial charge in [-0.25, -0.2) is 4.39 Å². The standard InChI is InChI=1S/C27H27FN4O3/c1-27(2,3)23(33)17-31-21-15-9-10-16-22(21)32(20-14-8-7-13-19(20)28)26(35)24(25(31)34)30-29-18-11-5-4-6-12-18/h4-16,23,29,33H,17H2,1-3H3/b30-24-. The van der Waals surface area contributed by atoms with E-state index in [0.717, 1.165) is 4.57 Å². The average molecular weight is 475 g/mol. The third-order valence-electron chi connectivity index (χ3n) is 5.79. The first-order valence-electron chi connectivity index (χ1n) is 11.2. The Bertz CT molecular complexity index is 1550. The van der Waals surface area contributed by atoms with Crippen LogP contribution in [0.25, 0.3) is 16.7 Å². The molecule has 0 saturated heterocycles. The summed E-state index contributed by atoms with van der Waals surface area (Å²) >= 11 is 0. The zero-order valence-electron chi connectivity index (χ0n) is 19.8. The lowest BCUT2D eigenvalue weighted by molar-refractivity contribution is 0.0483. The van der Waals surface area contributed by atoms with Gasteiger partial charge in [0.15, 0.2) is 0 Å². The highest BCUT2D eigenvalue weighted by Gasteiger charge is 2.24. The zero-order valence-corrected chi connectivity index (χ0v) is 19.8. The number of benzene rings is 3. The molecule has 0 aliphatic rings. The average Bonchev–Trinajstić information content (AvgIpc) is 2.91. The summed E-state index contributed by atoms with van der Waals surface area (Å²) in [6, 6.07) is 21.4. The Morgan fingerprint density at radius 3 is 2.14 bits per heavy atom. The molecule has 0 spiro atoms. The number of nitrogens with zero attached hydrogens (tertiary/aromatic N) is 3. The Balaban J connectivity index is 2.15. The number of aliphatic hydroxyl groups excluding tert-OH is 1. The minimum atomic E-state index is -0.905. The number of anilines is 1. The van der Waals surface area contributed by atoms with E-state index in [1.165, 1.54) is 22.8 Å². The van der Waals surface area contributed by atoms with Crippen LogP contribution in [0.3, 0.4) is 0 Å². The van der Waals surface area contributed by atoms with Crippen LogP contribution in [0, 0.1) is 11.2 Å². The van der Waals surface area contributed by atoms with Crippen LogP contribution in [0.1, 0.15) is 20.8 Å². The van der Waals surface area contributed by atoms with Gasteiger partial charge in [0.25, 0.3) is 11.1 Å². The van der Waals surface area contributed by atoms with Crippen LogP contribution in [-0.4, -0.2) is 20.3 Å². The van der Waals surface area contributed by atoms with Crippen molar-refractivity contribution in [3.05, 3.63) is 111 Å². The van der Waals surface area contributed by atoms with E-state index in [9.17, 15) is 19.1 Å². The monoisotopic (exact) mass is 474 g/mol. The van der Waals surface area contributed by atoms with Gasteiger partial charge in [0.1, 0.15) is 5.82 Å². The molecule has 0 bridgehead atoms. The van der Waals surface area contributed by atoms with E-state index in [2.05, 4.69) is 10.5 Å². The minimum absolute atomic E-state index is 0.0108. The zero-order chi connectivity index (χ0) is 25.2. The molecule has 3 aromatic carbocycles. The van der Waals surface area contributed by atoms with Crippen LogP contribution in [0.5, 0.6) is 0 Å². The minimum Gasteiger partial charge on any atom is -0.391 e. The quantitative estimate of drug-likeness (QED) is 0.433. The fourth-order valence-corrected chi connectivity index (χ4v) is 3.65. The summed E-state index contributed by atoms with van der Waals surface area (Å²) in [4.78, 5) is 27.6. The van der Waals surface area contributed by atoms with E-state index >= 15 is 0 Å². The molecule has 180 valence electrons. The van der Waals surface area contributed by atoms with Crippen molar-refractivity contribution in [2.24, 2.45) is 10.5 Å². The van der Waals surface area contributed by atoms with Crippen LogP contribution in [0.4, 0.5) is 10.1 Å². The number of nitrogens with one attached hydrogen (secondary N) is 1. The number of hydrogen-bond acceptors (Lipinski definition) is 5. The molecule has 1 aromatic heterocycles. The molecular formula is C27H27FN4O3. The van der Waals surface area contributed by atoms with E-state index in [4.69, 9.17) is 0 Å². The molecule has 7 nitrogen and oxygen atoms in total. The number of rotatable bonds is 5. The molecule has 0 radical (unpaired) electrons. The van der Waals surface area contributed by atoms with Gasteiger partial charge in [-0.2, -0.15) is 5.10 Å². The molecule has 8 heteroatoms. The highest BCUT2D eigenvalue weighted by atomic mass is 19.1. The van der Waals surface area contributed by atoms with Gasteiger partial charge >= 0.3 is 0 Å². The first-order chi connectivity index (χ1) is 16.7. The second-order valence-electron chi connectivity index (χ2n) is 9.32. The lowest BCUT2D eigenvalue weighted by Crippen LogP contribution is -2.46. The lowest BCUT2D eigenvalue weighted by Gasteiger charge is -2.26. The Morgan fingerprint density at radius 1 is 0.886 bits per heavy atom. The summed E-state index contributed by atoms with van der Waals surface area (Å²) in [6.07, 6.45) is -0.905. The van der Waals surface area contributed by atoms with Crippen molar-refractivity contribution < 1.29 is 9.50 Å². The fourth-order valence-electron chi connectivity index (χ4n) is 3.65. The van der Waals surface area contributed by atoms with Crippen molar-refractivity contribution in [2.75, 3.05) is 5.43 Å². The Hall–Kier alpha value is -4.04. The largest absolute Gasteiger partial charge is 0.391 e. The van der Waals surface area contributed by atoms with Gasteiger partial charge in [0.05, 0.1) is 35.1 Å². The third-order valence-corrected chi connectivity index (χ3v) is 5.79. The van der Waals surface area contributed by atoms with Gasteiger partial charge in [0, 0.05) is 0 Å². The van der Waals surface area contributed by atoms with E-state index in [1.54, 1.807) is 54.6 Å². The molecule has 35 heavy (non-hydrogen) atoms. The maximum atomic E-state index is 14.9. The first kappa shape index (κ1) is 24.1. The van der Waals surface area contributed by atoms with Gasteiger partial charge < -0.3 is 9.67 Å². The molecule has 0 aliphatic heterocycles. The number of aliphatic hydroxyl groups is 1. The molecule has 1 unspecified atom stereocenters. The Kier molecular flexibility index (Phi) is 6.66. The maximum absolute atomic E-state index is 14.9. The van der Waals surface area contributed by atoms with Crippen LogP contribution < -0.4 is 21.9 Å². The summed E-state index contributed by atoms with van der Waals surface area (Å²) in [5, 5.41) is 14.6. The second kappa shape index (κ2) is 9.68. The SMILES string of the molecule is CC(C)(C)C(O)Cn1c(=O)/c(=N/Nc2ccccc2)c(=O)n(-c2ccccc2F)c2ccccc21. The van der Waals surface area contributed by atoms with E-state index < -0.39 is 33.8 Å². The van der Waals surface area contributed by atoms with Crippen molar-refractivity contribution in [3.63, 3.8) is 0 Å². The first-order valence-corrected chi connectivity index (χ1v) is 11.2. The predicted molar refractivity (Wildman–Crippen MR) is 135 cm³/mol. The topological polar surface area (TPSA) is 88.6 Å². The molecule has 0 saturated carbocycles. The van der Waals surface area contributed by atoms with E-state index in [1.807, 2.05) is 26.8 Å².